The number of rotatable bonds is 4. The maximum absolute atomic E-state index is 12.2. The predicted octanol–water partition coefficient (Wildman–Crippen LogP) is 1.10. The van der Waals surface area contributed by atoms with Crippen molar-refractivity contribution < 1.29 is 28.9 Å². The number of ether oxygens (including phenoxy) is 3. The normalized spacial score (nSPS) is 42.8. The Morgan fingerprint density at radius 3 is 2.90 bits per heavy atom. The molecule has 2 saturated heterocycles. The minimum Gasteiger partial charge on any atom is -0.483 e. The van der Waals surface area contributed by atoms with Gasteiger partial charge in [0.2, 0.25) is 0 Å². The Labute approximate surface area is 122 Å². The van der Waals surface area contributed by atoms with Crippen molar-refractivity contribution in [2.24, 2.45) is 17.8 Å². The van der Waals surface area contributed by atoms with Gasteiger partial charge in [-0.05, 0) is 31.3 Å². The molecule has 1 saturated carbocycles. The van der Waals surface area contributed by atoms with E-state index in [0.717, 1.165) is 25.0 Å². The first-order valence-electron chi connectivity index (χ1n) is 7.55. The Hall–Kier alpha value is -1.56. The highest BCUT2D eigenvalue weighted by Crippen LogP contribution is 2.43. The van der Waals surface area contributed by atoms with Crippen LogP contribution in [-0.4, -0.2) is 42.0 Å². The van der Waals surface area contributed by atoms with E-state index in [4.69, 9.17) is 14.2 Å². The monoisotopic (exact) mass is 294 g/mol. The fourth-order valence-corrected chi connectivity index (χ4v) is 3.53. The second-order valence-electron chi connectivity index (χ2n) is 6.40. The molecule has 0 aromatic rings. The molecule has 4 rings (SSSR count). The van der Waals surface area contributed by atoms with Crippen molar-refractivity contribution in [3.05, 3.63) is 11.8 Å². The molecule has 1 N–H and O–H groups in total. The molecule has 2 aliphatic carbocycles. The van der Waals surface area contributed by atoms with E-state index in [1.165, 1.54) is 0 Å². The molecule has 21 heavy (non-hydrogen) atoms. The number of epoxide rings is 2. The van der Waals surface area contributed by atoms with Crippen LogP contribution in [0.4, 0.5) is 0 Å². The fraction of sp³-hybridized carbons (Fsp3) is 0.733. The summed E-state index contributed by atoms with van der Waals surface area (Å²) in [7, 11) is 0. The average molecular weight is 294 g/mol. The van der Waals surface area contributed by atoms with Gasteiger partial charge in [0.05, 0.1) is 30.7 Å². The first kappa shape index (κ1) is 13.1. The SMILES string of the molecule is O=C(OCC1CCC2OC2C1)C1C=C2OC2CC1C(=O)O. The van der Waals surface area contributed by atoms with Crippen molar-refractivity contribution in [3.63, 3.8) is 0 Å². The largest absolute Gasteiger partial charge is 0.483 e. The molecule has 0 aromatic carbocycles. The number of hydrogen-bond acceptors (Lipinski definition) is 5. The lowest BCUT2D eigenvalue weighted by molar-refractivity contribution is -0.157. The molecule has 3 fully saturated rings. The molecule has 114 valence electrons. The molecule has 6 nitrogen and oxygen atoms in total. The molecule has 6 atom stereocenters. The van der Waals surface area contributed by atoms with Gasteiger partial charge in [0, 0.05) is 6.42 Å². The Kier molecular flexibility index (Phi) is 2.96. The maximum Gasteiger partial charge on any atom is 0.313 e. The Morgan fingerprint density at radius 1 is 1.29 bits per heavy atom. The molecule has 0 radical (unpaired) electrons. The summed E-state index contributed by atoms with van der Waals surface area (Å²) in [4.78, 5) is 23.5. The number of aliphatic carboxylic acids is 1. The average Bonchev–Trinajstić information content (AvgIpc) is 3.35. The lowest BCUT2D eigenvalue weighted by Gasteiger charge is -2.23. The van der Waals surface area contributed by atoms with Gasteiger partial charge in [0.25, 0.3) is 0 Å². The highest BCUT2D eigenvalue weighted by molar-refractivity contribution is 5.83. The van der Waals surface area contributed by atoms with Gasteiger partial charge in [-0.25, -0.2) is 0 Å². The number of esters is 1. The van der Waals surface area contributed by atoms with Crippen LogP contribution in [0.1, 0.15) is 25.7 Å². The van der Waals surface area contributed by atoms with E-state index in [0.29, 0.717) is 31.2 Å². The summed E-state index contributed by atoms with van der Waals surface area (Å²) in [6, 6.07) is 0. The minimum atomic E-state index is -0.963. The van der Waals surface area contributed by atoms with Crippen LogP contribution in [0.15, 0.2) is 11.8 Å². The number of carboxylic acid groups (broad SMARTS) is 1. The van der Waals surface area contributed by atoms with Crippen LogP contribution < -0.4 is 0 Å². The summed E-state index contributed by atoms with van der Waals surface area (Å²) in [6.07, 6.45) is 5.65. The zero-order valence-corrected chi connectivity index (χ0v) is 11.6. The van der Waals surface area contributed by atoms with Gasteiger partial charge >= 0.3 is 11.9 Å². The van der Waals surface area contributed by atoms with Gasteiger partial charge in [0.1, 0.15) is 5.76 Å². The molecular formula is C15H18O6. The van der Waals surface area contributed by atoms with Gasteiger partial charge in [-0.1, -0.05) is 0 Å². The summed E-state index contributed by atoms with van der Waals surface area (Å²) in [5.41, 5.74) is 0. The molecule has 2 aliphatic heterocycles. The molecule has 6 heteroatoms. The van der Waals surface area contributed by atoms with Crippen molar-refractivity contribution in [2.45, 2.75) is 44.0 Å². The number of carbonyl (C=O) groups is 2. The van der Waals surface area contributed by atoms with E-state index in [1.54, 1.807) is 6.08 Å². The predicted molar refractivity (Wildman–Crippen MR) is 69.1 cm³/mol. The zero-order valence-electron chi connectivity index (χ0n) is 11.6. The standard InChI is InChI=1S/C15H18O6/c16-14(17)8-4-12-13(21-12)5-9(8)15(18)19-6-7-1-2-10-11(3-7)20-10/h5,7-12H,1-4,6H2,(H,16,17). The van der Waals surface area contributed by atoms with Gasteiger partial charge in [0.15, 0.2) is 6.10 Å². The molecule has 0 amide bonds. The van der Waals surface area contributed by atoms with Crippen molar-refractivity contribution in [3.8, 4) is 0 Å². The van der Waals surface area contributed by atoms with Gasteiger partial charge in [-0.2, -0.15) is 0 Å². The number of fused-ring (bicyclic) bond motifs is 2. The Morgan fingerprint density at radius 2 is 2.14 bits per heavy atom. The van der Waals surface area contributed by atoms with E-state index in [2.05, 4.69) is 0 Å². The van der Waals surface area contributed by atoms with Crippen LogP contribution in [-0.2, 0) is 23.8 Å². The number of hydrogen-bond donors (Lipinski definition) is 1. The third-order valence-corrected chi connectivity index (χ3v) is 4.95. The number of carbonyl (C=O) groups excluding carboxylic acids is 1. The van der Waals surface area contributed by atoms with E-state index in [1.807, 2.05) is 0 Å². The lowest BCUT2D eigenvalue weighted by Crippen LogP contribution is -2.33. The second kappa shape index (κ2) is 4.73. The first-order valence-corrected chi connectivity index (χ1v) is 7.55. The van der Waals surface area contributed by atoms with Crippen molar-refractivity contribution in [1.82, 2.24) is 0 Å². The van der Waals surface area contributed by atoms with Crippen LogP contribution in [0, 0.1) is 17.8 Å². The highest BCUT2D eigenvalue weighted by Gasteiger charge is 2.49. The van der Waals surface area contributed by atoms with Gasteiger partial charge in [-0.3, -0.25) is 9.59 Å². The molecule has 4 aliphatic rings. The lowest BCUT2D eigenvalue weighted by atomic mass is 9.84. The Bertz CT molecular complexity index is 512. The third kappa shape index (κ3) is 2.52. The topological polar surface area (TPSA) is 88.7 Å². The van der Waals surface area contributed by atoms with Crippen LogP contribution in [0.3, 0.4) is 0 Å². The minimum absolute atomic E-state index is 0.0996. The van der Waals surface area contributed by atoms with Crippen LogP contribution in [0.25, 0.3) is 0 Å². The summed E-state index contributed by atoms with van der Waals surface area (Å²) in [6.45, 7) is 0.363. The van der Waals surface area contributed by atoms with Gasteiger partial charge in [-0.15, -0.1) is 0 Å². The van der Waals surface area contributed by atoms with Crippen LogP contribution in [0.2, 0.25) is 0 Å². The smallest absolute Gasteiger partial charge is 0.313 e. The van der Waals surface area contributed by atoms with Gasteiger partial charge < -0.3 is 19.3 Å². The zero-order chi connectivity index (χ0) is 14.6. The molecule has 0 spiro atoms. The maximum atomic E-state index is 12.2. The molecule has 2 heterocycles. The summed E-state index contributed by atoms with van der Waals surface area (Å²) in [5, 5.41) is 9.24. The van der Waals surface area contributed by atoms with Crippen molar-refractivity contribution in [1.29, 1.82) is 0 Å². The highest BCUT2D eigenvalue weighted by atomic mass is 16.6. The molecule has 6 unspecified atom stereocenters. The van der Waals surface area contributed by atoms with Crippen LogP contribution in [0.5, 0.6) is 0 Å². The number of carboxylic acids is 1. The fourth-order valence-electron chi connectivity index (χ4n) is 3.53. The summed E-state index contributed by atoms with van der Waals surface area (Å²) in [5.74, 6) is -1.79. The van der Waals surface area contributed by atoms with E-state index < -0.39 is 23.8 Å². The first-order chi connectivity index (χ1) is 10.1. The quantitative estimate of drug-likeness (QED) is 0.617. The van der Waals surface area contributed by atoms with Crippen molar-refractivity contribution >= 4 is 11.9 Å². The Balaban J connectivity index is 1.35. The van der Waals surface area contributed by atoms with E-state index >= 15 is 0 Å². The second-order valence-corrected chi connectivity index (χ2v) is 6.40. The molecule has 0 aromatic heterocycles. The third-order valence-electron chi connectivity index (χ3n) is 4.95. The van der Waals surface area contributed by atoms with Crippen molar-refractivity contribution in [2.75, 3.05) is 6.61 Å². The van der Waals surface area contributed by atoms with Crippen LogP contribution >= 0.6 is 0 Å². The summed E-state index contributed by atoms with van der Waals surface area (Å²) >= 11 is 0. The van der Waals surface area contributed by atoms with E-state index in [9.17, 15) is 14.7 Å². The molecular weight excluding hydrogens is 276 g/mol. The summed E-state index contributed by atoms with van der Waals surface area (Å²) < 4.78 is 16.1. The van der Waals surface area contributed by atoms with E-state index in [-0.39, 0.29) is 6.10 Å². The molecule has 0 bridgehead atoms.